The molecule has 0 aliphatic heterocycles. The molecule has 0 radical (unpaired) electrons. The van der Waals surface area contributed by atoms with E-state index in [-0.39, 0.29) is 56.0 Å². The van der Waals surface area contributed by atoms with Gasteiger partial charge in [-0.3, -0.25) is 24.0 Å². The molecule has 2 aromatic rings. The molecule has 0 unspecified atom stereocenters. The summed E-state index contributed by atoms with van der Waals surface area (Å²) in [5.41, 5.74) is 1.67. The van der Waals surface area contributed by atoms with E-state index < -0.39 is 66.2 Å². The molecule has 4 atom stereocenters. The normalized spacial score (nSPS) is 13.0. The summed E-state index contributed by atoms with van der Waals surface area (Å²) in [4.78, 5) is 84.7. The summed E-state index contributed by atoms with van der Waals surface area (Å²) in [6, 6.07) is 13.8. The molecule has 16 heteroatoms. The molecule has 2 rings (SSSR count). The van der Waals surface area contributed by atoms with Crippen molar-refractivity contribution in [2.45, 2.75) is 82.5 Å². The van der Waals surface area contributed by atoms with Crippen LogP contribution in [0.2, 0.25) is 0 Å². The summed E-state index contributed by atoms with van der Waals surface area (Å²) < 4.78 is 0. The summed E-state index contributed by atoms with van der Waals surface area (Å²) in [6.07, 6.45) is -0.536. The summed E-state index contributed by atoms with van der Waals surface area (Å²) in [5, 5.41) is 40.1. The highest BCUT2D eigenvalue weighted by atomic mass is 32.1. The average Bonchev–Trinajstić information content (AvgIpc) is 3.06. The van der Waals surface area contributed by atoms with Gasteiger partial charge in [-0.05, 0) is 56.0 Å². The van der Waals surface area contributed by atoms with E-state index in [9.17, 15) is 43.8 Å². The third kappa shape index (κ3) is 16.1. The maximum Gasteiger partial charge on any atom is 0.326 e. The van der Waals surface area contributed by atoms with Gasteiger partial charge in [-0.2, -0.15) is 0 Å². The highest BCUT2D eigenvalue weighted by Crippen LogP contribution is 2.08. The Bertz CT molecular complexity index is 1490. The van der Waals surface area contributed by atoms with Gasteiger partial charge in [0.25, 0.3) is 0 Å². The van der Waals surface area contributed by atoms with Gasteiger partial charge in [-0.15, -0.1) is 0 Å². The molecular weight excluding hydrogens is 670 g/mol. The van der Waals surface area contributed by atoms with Gasteiger partial charge in [-0.1, -0.05) is 60.7 Å². The van der Waals surface area contributed by atoms with E-state index in [1.807, 2.05) is 60.7 Å². The minimum Gasteiger partial charge on any atom is -0.481 e. The second-order valence-electron chi connectivity index (χ2n) is 11.5. The predicted molar refractivity (Wildman–Crippen MR) is 185 cm³/mol. The Hall–Kier alpha value is -5.38. The van der Waals surface area contributed by atoms with Crippen LogP contribution in [-0.4, -0.2) is 92.6 Å². The number of carbonyl (C=O) groups is 7. The number of hydrogen-bond donors (Lipinski definition) is 8. The molecule has 2 aromatic carbocycles. The number of amides is 3. The standard InChI is InChI=1S/C34H43N5O10S/c1-21(40)26(19-22-9-4-2-5-10-22)37-31(45)27(20-23-11-6-3-7-12-23)36-29(42)13-8-18-35-28(41)16-14-24(32(46)47)38-34(50)39-25(33(48)49)15-17-30(43)44/h2-7,9-12,24-27H,8,13-20H2,1H3,(H,35,41)(H,36,42)(H,37,45)(H,43,44)(H,46,47)(H,48,49)(H2,38,39,50)/t24-,25-,26-,27-/m0/s1. The molecule has 270 valence electrons. The van der Waals surface area contributed by atoms with Gasteiger partial charge in [-0.25, -0.2) is 9.59 Å². The lowest BCUT2D eigenvalue weighted by Gasteiger charge is -2.22. The van der Waals surface area contributed by atoms with Crippen molar-refractivity contribution < 1.29 is 48.9 Å². The van der Waals surface area contributed by atoms with Gasteiger partial charge in [0.2, 0.25) is 17.7 Å². The van der Waals surface area contributed by atoms with Crippen LogP contribution < -0.4 is 26.6 Å². The van der Waals surface area contributed by atoms with E-state index in [1.165, 1.54) is 6.92 Å². The fraction of sp³-hybridized carbons (Fsp3) is 0.412. The van der Waals surface area contributed by atoms with E-state index in [1.54, 1.807) is 0 Å². The van der Waals surface area contributed by atoms with E-state index in [0.29, 0.717) is 6.42 Å². The Morgan fingerprint density at radius 3 is 1.60 bits per heavy atom. The second kappa shape index (κ2) is 21.6. The summed E-state index contributed by atoms with van der Waals surface area (Å²) in [5.74, 6) is -5.62. The van der Waals surface area contributed by atoms with Crippen LogP contribution in [0.25, 0.3) is 0 Å². The predicted octanol–water partition coefficient (Wildman–Crippen LogP) is 0.942. The molecule has 3 amide bonds. The summed E-state index contributed by atoms with van der Waals surface area (Å²) in [7, 11) is 0. The fourth-order valence-corrected chi connectivity index (χ4v) is 5.01. The van der Waals surface area contributed by atoms with Gasteiger partial charge in [0.1, 0.15) is 18.1 Å². The maximum absolute atomic E-state index is 13.3. The summed E-state index contributed by atoms with van der Waals surface area (Å²) in [6.45, 7) is 1.47. The number of carboxylic acid groups (broad SMARTS) is 3. The molecule has 0 heterocycles. The smallest absolute Gasteiger partial charge is 0.326 e. The lowest BCUT2D eigenvalue weighted by Crippen LogP contribution is -2.52. The van der Waals surface area contributed by atoms with E-state index in [0.717, 1.165) is 11.1 Å². The minimum atomic E-state index is -1.37. The molecule has 15 nitrogen and oxygen atoms in total. The molecule has 0 bridgehead atoms. The third-order valence-corrected chi connectivity index (χ3v) is 7.68. The maximum atomic E-state index is 13.3. The zero-order valence-corrected chi connectivity index (χ0v) is 28.4. The van der Waals surface area contributed by atoms with Crippen molar-refractivity contribution in [3.63, 3.8) is 0 Å². The number of carbonyl (C=O) groups excluding carboxylic acids is 4. The molecule has 0 saturated heterocycles. The van der Waals surface area contributed by atoms with Gasteiger partial charge >= 0.3 is 17.9 Å². The number of rotatable bonds is 22. The van der Waals surface area contributed by atoms with Crippen LogP contribution in [0.1, 0.15) is 56.6 Å². The molecule has 0 fully saturated rings. The van der Waals surface area contributed by atoms with Crippen molar-refractivity contribution in [1.82, 2.24) is 26.6 Å². The van der Waals surface area contributed by atoms with Crippen molar-refractivity contribution in [3.05, 3.63) is 71.8 Å². The van der Waals surface area contributed by atoms with Crippen molar-refractivity contribution >= 4 is 58.7 Å². The Morgan fingerprint density at radius 1 is 0.620 bits per heavy atom. The molecule has 0 aliphatic carbocycles. The monoisotopic (exact) mass is 713 g/mol. The molecular formula is C34H43N5O10S. The fourth-order valence-electron chi connectivity index (χ4n) is 4.73. The number of ketones is 1. The largest absolute Gasteiger partial charge is 0.481 e. The van der Waals surface area contributed by atoms with Crippen LogP contribution in [0.5, 0.6) is 0 Å². The number of hydrogen-bond acceptors (Lipinski definition) is 8. The Morgan fingerprint density at radius 2 is 1.12 bits per heavy atom. The van der Waals surface area contributed by atoms with Crippen LogP contribution in [0.15, 0.2) is 60.7 Å². The number of nitrogens with one attached hydrogen (secondary N) is 5. The molecule has 8 N–H and O–H groups in total. The summed E-state index contributed by atoms with van der Waals surface area (Å²) >= 11 is 4.98. The Balaban J connectivity index is 1.86. The molecule has 0 aromatic heterocycles. The number of thiocarbonyl (C=S) groups is 1. The second-order valence-corrected chi connectivity index (χ2v) is 11.9. The first kappa shape index (κ1) is 40.8. The Kier molecular flexibility index (Phi) is 17.6. The lowest BCUT2D eigenvalue weighted by molar-refractivity contribution is -0.141. The van der Waals surface area contributed by atoms with E-state index in [4.69, 9.17) is 17.3 Å². The molecule has 50 heavy (non-hydrogen) atoms. The number of aliphatic carboxylic acids is 3. The van der Waals surface area contributed by atoms with Gasteiger partial charge < -0.3 is 41.9 Å². The van der Waals surface area contributed by atoms with Crippen molar-refractivity contribution in [3.8, 4) is 0 Å². The van der Waals surface area contributed by atoms with Gasteiger partial charge in [0.15, 0.2) is 10.9 Å². The van der Waals surface area contributed by atoms with Gasteiger partial charge in [0, 0.05) is 32.2 Å². The lowest BCUT2D eigenvalue weighted by atomic mass is 10.0. The molecule has 0 saturated carbocycles. The first-order valence-corrected chi connectivity index (χ1v) is 16.3. The number of Topliss-reactive ketones (excluding diaryl/α,β-unsaturated/α-hetero) is 1. The van der Waals surface area contributed by atoms with Crippen LogP contribution in [0.3, 0.4) is 0 Å². The van der Waals surface area contributed by atoms with Crippen molar-refractivity contribution in [1.29, 1.82) is 0 Å². The first-order valence-electron chi connectivity index (χ1n) is 15.9. The highest BCUT2D eigenvalue weighted by Gasteiger charge is 2.26. The molecule has 0 spiro atoms. The Labute approximate surface area is 294 Å². The van der Waals surface area contributed by atoms with Crippen LogP contribution in [0.4, 0.5) is 0 Å². The average molecular weight is 714 g/mol. The quantitative estimate of drug-likeness (QED) is 0.0627. The van der Waals surface area contributed by atoms with Gasteiger partial charge in [0.05, 0.1) is 6.04 Å². The highest BCUT2D eigenvalue weighted by molar-refractivity contribution is 7.80. The molecule has 0 aliphatic rings. The van der Waals surface area contributed by atoms with Crippen LogP contribution in [0, 0.1) is 0 Å². The number of carboxylic acids is 3. The zero-order valence-electron chi connectivity index (χ0n) is 27.6. The minimum absolute atomic E-state index is 0.0368. The van der Waals surface area contributed by atoms with E-state index in [2.05, 4.69) is 26.6 Å². The zero-order chi connectivity index (χ0) is 37.1. The number of benzene rings is 2. The van der Waals surface area contributed by atoms with Crippen LogP contribution >= 0.6 is 12.2 Å². The SMILES string of the molecule is CC(=O)[C@H](Cc1ccccc1)NC(=O)[C@H](Cc1ccccc1)NC(=O)CCCNC(=O)CC[C@H](NC(=S)N[C@@H](CCC(=O)O)C(=O)O)C(=O)O. The van der Waals surface area contributed by atoms with E-state index >= 15 is 0 Å². The first-order chi connectivity index (χ1) is 23.7. The van der Waals surface area contributed by atoms with Crippen molar-refractivity contribution in [2.75, 3.05) is 6.54 Å². The third-order valence-electron chi connectivity index (χ3n) is 7.44. The van der Waals surface area contributed by atoms with Crippen LogP contribution in [-0.2, 0) is 46.4 Å². The topological polar surface area (TPSA) is 240 Å². The van der Waals surface area contributed by atoms with Crippen molar-refractivity contribution in [2.24, 2.45) is 0 Å².